The van der Waals surface area contributed by atoms with E-state index in [-0.39, 0.29) is 0 Å². The molecule has 3 aromatic rings. The summed E-state index contributed by atoms with van der Waals surface area (Å²) in [5, 5.41) is 12.2. The summed E-state index contributed by atoms with van der Waals surface area (Å²) in [6.45, 7) is 0. The zero-order valence-electron chi connectivity index (χ0n) is 10.1. The van der Waals surface area contributed by atoms with E-state index in [1.54, 1.807) is 18.2 Å². The molecule has 1 unspecified atom stereocenters. The summed E-state index contributed by atoms with van der Waals surface area (Å²) in [4.78, 5) is 0. The van der Waals surface area contributed by atoms with E-state index >= 15 is 0 Å². The Morgan fingerprint density at radius 1 is 1.05 bits per heavy atom. The first-order valence-electron chi connectivity index (χ1n) is 5.87. The van der Waals surface area contributed by atoms with E-state index in [2.05, 4.69) is 15.9 Å². The molecule has 0 saturated carbocycles. The highest BCUT2D eigenvalue weighted by Crippen LogP contribution is 2.33. The molecule has 0 bridgehead atoms. The van der Waals surface area contributed by atoms with Crippen LogP contribution in [0.3, 0.4) is 0 Å². The number of hydrogen-bond donors (Lipinski definition) is 1. The molecule has 20 heavy (non-hydrogen) atoms. The molecular weight excluding hydrogens is 363 g/mol. The van der Waals surface area contributed by atoms with E-state index in [1.807, 2.05) is 24.3 Å². The predicted molar refractivity (Wildman–Crippen MR) is 84.4 cm³/mol. The molecule has 1 atom stereocenters. The summed E-state index contributed by atoms with van der Waals surface area (Å²) in [5.74, 6) is 0.463. The van der Waals surface area contributed by atoms with Crippen molar-refractivity contribution >= 4 is 50.1 Å². The lowest BCUT2D eigenvalue weighted by Gasteiger charge is -2.08. The number of para-hydroxylation sites is 1. The summed E-state index contributed by atoms with van der Waals surface area (Å²) in [5.41, 5.74) is 1.34. The molecule has 5 heteroatoms. The zero-order chi connectivity index (χ0) is 14.3. The summed E-state index contributed by atoms with van der Waals surface area (Å²) < 4.78 is 6.56. The van der Waals surface area contributed by atoms with Gasteiger partial charge in [-0.15, -0.1) is 0 Å². The third kappa shape index (κ3) is 2.47. The SMILES string of the molecule is OC(c1ccc(Cl)c(Cl)c1)c1cc2cccc(Br)c2o1. The molecule has 0 aliphatic heterocycles. The predicted octanol–water partition coefficient (Wildman–Crippen LogP) is 5.58. The van der Waals surface area contributed by atoms with Crippen LogP contribution in [0.15, 0.2) is 51.4 Å². The molecule has 1 heterocycles. The Labute approximate surface area is 134 Å². The molecule has 2 nitrogen and oxygen atoms in total. The van der Waals surface area contributed by atoms with Gasteiger partial charge in [-0.05, 0) is 45.8 Å². The van der Waals surface area contributed by atoms with Crippen molar-refractivity contribution in [1.29, 1.82) is 0 Å². The fraction of sp³-hybridized carbons (Fsp3) is 0.0667. The maximum atomic E-state index is 10.4. The molecule has 0 fully saturated rings. The van der Waals surface area contributed by atoms with Crippen LogP contribution in [0.25, 0.3) is 11.0 Å². The second-order valence-corrected chi connectivity index (χ2v) is 6.05. The summed E-state index contributed by atoms with van der Waals surface area (Å²) in [7, 11) is 0. The number of rotatable bonds is 2. The van der Waals surface area contributed by atoms with Crippen molar-refractivity contribution in [3.05, 3.63) is 68.3 Å². The Morgan fingerprint density at radius 2 is 1.85 bits per heavy atom. The van der Waals surface area contributed by atoms with Crippen molar-refractivity contribution in [2.24, 2.45) is 0 Å². The van der Waals surface area contributed by atoms with E-state index in [9.17, 15) is 5.11 Å². The number of halogens is 3. The highest BCUT2D eigenvalue weighted by Gasteiger charge is 2.17. The lowest BCUT2D eigenvalue weighted by atomic mass is 10.1. The first-order chi connectivity index (χ1) is 9.56. The van der Waals surface area contributed by atoms with Crippen LogP contribution in [-0.4, -0.2) is 5.11 Å². The molecule has 1 aromatic heterocycles. The lowest BCUT2D eigenvalue weighted by molar-refractivity contribution is 0.192. The van der Waals surface area contributed by atoms with Crippen molar-refractivity contribution in [2.45, 2.75) is 6.10 Å². The Hall–Kier alpha value is -1.00. The van der Waals surface area contributed by atoms with Gasteiger partial charge in [-0.1, -0.05) is 41.4 Å². The van der Waals surface area contributed by atoms with Gasteiger partial charge in [0.1, 0.15) is 17.4 Å². The van der Waals surface area contributed by atoms with Gasteiger partial charge in [0.25, 0.3) is 0 Å². The van der Waals surface area contributed by atoms with Gasteiger partial charge >= 0.3 is 0 Å². The van der Waals surface area contributed by atoms with Crippen molar-refractivity contribution in [1.82, 2.24) is 0 Å². The Kier molecular flexibility index (Phi) is 3.78. The fourth-order valence-electron chi connectivity index (χ4n) is 2.03. The lowest BCUT2D eigenvalue weighted by Crippen LogP contribution is -1.97. The van der Waals surface area contributed by atoms with Gasteiger partial charge in [0.15, 0.2) is 0 Å². The molecular formula is C15H9BrCl2O2. The number of furan rings is 1. The molecule has 3 rings (SSSR count). The zero-order valence-corrected chi connectivity index (χ0v) is 13.2. The number of aliphatic hydroxyl groups excluding tert-OH is 1. The van der Waals surface area contributed by atoms with Gasteiger partial charge in [0.2, 0.25) is 0 Å². The van der Waals surface area contributed by atoms with Gasteiger partial charge < -0.3 is 9.52 Å². The van der Waals surface area contributed by atoms with Gasteiger partial charge in [0.05, 0.1) is 14.5 Å². The van der Waals surface area contributed by atoms with Crippen molar-refractivity contribution in [2.75, 3.05) is 0 Å². The second-order valence-electron chi connectivity index (χ2n) is 4.38. The maximum Gasteiger partial charge on any atom is 0.148 e. The van der Waals surface area contributed by atoms with Crippen molar-refractivity contribution in [3.63, 3.8) is 0 Å². The van der Waals surface area contributed by atoms with Gasteiger partial charge in [-0.25, -0.2) is 0 Å². The average Bonchev–Trinajstić information content (AvgIpc) is 2.86. The topological polar surface area (TPSA) is 33.4 Å². The van der Waals surface area contributed by atoms with E-state index in [0.717, 1.165) is 9.86 Å². The molecule has 0 amide bonds. The first kappa shape index (κ1) is 14.0. The number of hydrogen-bond acceptors (Lipinski definition) is 2. The van der Waals surface area contributed by atoms with Gasteiger partial charge in [-0.3, -0.25) is 0 Å². The fourth-order valence-corrected chi connectivity index (χ4v) is 2.80. The molecule has 0 aliphatic rings. The summed E-state index contributed by atoms with van der Waals surface area (Å²) >= 11 is 15.3. The normalized spacial score (nSPS) is 12.8. The molecule has 2 aromatic carbocycles. The van der Waals surface area contributed by atoms with Crippen molar-refractivity contribution < 1.29 is 9.52 Å². The molecule has 0 radical (unpaired) electrons. The summed E-state index contributed by atoms with van der Waals surface area (Å²) in [6, 6.07) is 12.6. The van der Waals surface area contributed by atoms with Crippen molar-refractivity contribution in [3.8, 4) is 0 Å². The molecule has 0 aliphatic carbocycles. The standard InChI is InChI=1S/C15H9BrCl2O2/c16-10-3-1-2-9-7-13(20-15(9)10)14(19)8-4-5-11(17)12(18)6-8/h1-7,14,19H. The third-order valence-electron chi connectivity index (χ3n) is 3.04. The largest absolute Gasteiger partial charge is 0.457 e. The average molecular weight is 372 g/mol. The van der Waals surface area contributed by atoms with Gasteiger partial charge in [0, 0.05) is 5.39 Å². The monoisotopic (exact) mass is 370 g/mol. The minimum atomic E-state index is -0.885. The molecule has 102 valence electrons. The third-order valence-corrected chi connectivity index (χ3v) is 4.41. The van der Waals surface area contributed by atoms with Crippen LogP contribution in [0, 0.1) is 0 Å². The Morgan fingerprint density at radius 3 is 2.55 bits per heavy atom. The number of benzene rings is 2. The van der Waals surface area contributed by atoms with Crippen LogP contribution in [-0.2, 0) is 0 Å². The highest BCUT2D eigenvalue weighted by atomic mass is 79.9. The second kappa shape index (κ2) is 5.41. The van der Waals surface area contributed by atoms with Crippen LogP contribution in [0.5, 0.6) is 0 Å². The van der Waals surface area contributed by atoms with E-state index in [1.165, 1.54) is 0 Å². The van der Waals surface area contributed by atoms with Crippen LogP contribution >= 0.6 is 39.1 Å². The van der Waals surface area contributed by atoms with Crippen LogP contribution in [0.2, 0.25) is 10.0 Å². The van der Waals surface area contributed by atoms with Crippen LogP contribution in [0.1, 0.15) is 17.4 Å². The van der Waals surface area contributed by atoms with Gasteiger partial charge in [-0.2, -0.15) is 0 Å². The molecule has 0 saturated heterocycles. The molecule has 0 spiro atoms. The number of fused-ring (bicyclic) bond motifs is 1. The first-order valence-corrected chi connectivity index (χ1v) is 7.42. The Balaban J connectivity index is 2.05. The Bertz CT molecular complexity index is 783. The van der Waals surface area contributed by atoms with E-state index < -0.39 is 6.10 Å². The highest BCUT2D eigenvalue weighted by molar-refractivity contribution is 9.10. The summed E-state index contributed by atoms with van der Waals surface area (Å²) in [6.07, 6.45) is -0.885. The quantitative estimate of drug-likeness (QED) is 0.637. The number of aliphatic hydroxyl groups is 1. The van der Waals surface area contributed by atoms with Crippen LogP contribution < -0.4 is 0 Å². The minimum absolute atomic E-state index is 0.403. The smallest absolute Gasteiger partial charge is 0.148 e. The maximum absolute atomic E-state index is 10.4. The minimum Gasteiger partial charge on any atom is -0.457 e. The van der Waals surface area contributed by atoms with Crippen LogP contribution in [0.4, 0.5) is 0 Å². The van der Waals surface area contributed by atoms with E-state index in [0.29, 0.717) is 27.0 Å². The molecule has 1 N–H and O–H groups in total. The van der Waals surface area contributed by atoms with E-state index in [4.69, 9.17) is 27.6 Å².